The molecule has 4 rings (SSSR count). The number of nitrogens with one attached hydrogen (secondary N) is 1. The van der Waals surface area contributed by atoms with Crippen LogP contribution in [0.3, 0.4) is 0 Å². The second kappa shape index (κ2) is 9.60. The minimum absolute atomic E-state index is 0.0257. The maximum absolute atomic E-state index is 13.2. The van der Waals surface area contributed by atoms with E-state index in [1.807, 2.05) is 12.1 Å². The molecule has 0 aliphatic carbocycles. The van der Waals surface area contributed by atoms with Crippen molar-refractivity contribution in [1.29, 1.82) is 0 Å². The van der Waals surface area contributed by atoms with Gasteiger partial charge in [-0.1, -0.05) is 23.5 Å². The zero-order chi connectivity index (χ0) is 22.7. The third-order valence-corrected chi connectivity index (χ3v) is 6.87. The monoisotopic (exact) mass is 458 g/mol. The number of hydrogen-bond donors (Lipinski definition) is 4. The fraction of sp³-hybridized carbons (Fsp3) is 0.391. The number of thiazole rings is 1. The van der Waals surface area contributed by atoms with E-state index >= 15 is 0 Å². The molecule has 1 fully saturated rings. The largest absolute Gasteiger partial charge is 0.390 e. The van der Waals surface area contributed by atoms with Crippen LogP contribution in [0, 0.1) is 11.7 Å². The number of benzene rings is 1. The van der Waals surface area contributed by atoms with Crippen LogP contribution in [0.5, 0.6) is 0 Å². The number of aliphatic hydroxyl groups is 2. The lowest BCUT2D eigenvalue weighted by atomic mass is 9.83. The smallest absolute Gasteiger partial charge is 0.188 e. The molecule has 1 aliphatic rings. The molecule has 0 radical (unpaired) electrons. The highest BCUT2D eigenvalue weighted by Gasteiger charge is 2.38. The third kappa shape index (κ3) is 5.48. The van der Waals surface area contributed by atoms with Gasteiger partial charge in [-0.15, -0.1) is 0 Å². The van der Waals surface area contributed by atoms with Gasteiger partial charge in [0, 0.05) is 25.5 Å². The number of aromatic nitrogens is 2. The van der Waals surface area contributed by atoms with Crippen molar-refractivity contribution in [2.45, 2.75) is 37.9 Å². The Kier molecular flexibility index (Phi) is 6.82. The normalized spacial score (nSPS) is 23.0. The lowest BCUT2D eigenvalue weighted by Crippen LogP contribution is -2.42. The summed E-state index contributed by atoms with van der Waals surface area (Å²) in [7, 11) is 0. The van der Waals surface area contributed by atoms with E-state index in [-0.39, 0.29) is 11.7 Å². The van der Waals surface area contributed by atoms with Crippen LogP contribution in [0.1, 0.15) is 25.3 Å². The summed E-state index contributed by atoms with van der Waals surface area (Å²) in [4.78, 5) is 9.68. The lowest BCUT2D eigenvalue weighted by molar-refractivity contribution is -0.107. The number of rotatable bonds is 6. The molecule has 3 atom stereocenters. The molecular weight excluding hydrogens is 431 g/mol. The SMILES string of the molecule is CC(O)C1(O)CCN(O)CC(Cc2ccnc(Nc3ncc(-c4ccc(F)cc4)s3)c2)C1. The molecule has 0 amide bonds. The van der Waals surface area contributed by atoms with Crippen LogP contribution in [0.15, 0.2) is 48.8 Å². The Morgan fingerprint density at radius 1 is 1.28 bits per heavy atom. The zero-order valence-electron chi connectivity index (χ0n) is 17.8. The minimum Gasteiger partial charge on any atom is -0.390 e. The van der Waals surface area contributed by atoms with Crippen molar-refractivity contribution in [3.05, 3.63) is 60.2 Å². The van der Waals surface area contributed by atoms with Gasteiger partial charge in [0.15, 0.2) is 5.13 Å². The molecule has 3 aromatic rings. The summed E-state index contributed by atoms with van der Waals surface area (Å²) >= 11 is 1.45. The molecule has 0 spiro atoms. The molecule has 0 saturated carbocycles. The van der Waals surface area contributed by atoms with Gasteiger partial charge in [0.25, 0.3) is 0 Å². The Morgan fingerprint density at radius 3 is 2.81 bits per heavy atom. The van der Waals surface area contributed by atoms with Gasteiger partial charge in [-0.2, -0.15) is 5.06 Å². The first-order chi connectivity index (χ1) is 15.3. The van der Waals surface area contributed by atoms with E-state index in [0.29, 0.717) is 43.3 Å². The van der Waals surface area contributed by atoms with E-state index in [0.717, 1.165) is 16.0 Å². The molecule has 1 saturated heterocycles. The standard InChI is InChI=1S/C23H27FN4O3S/c1-15(29)23(30)7-9-28(31)14-17(12-23)10-16-6-8-25-21(11-16)27-22-26-13-20(32-22)18-2-4-19(24)5-3-18/h2-6,8,11,13,15,17,29-31H,7,9-10,12,14H2,1H3,(H,25,26,27). The third-order valence-electron chi connectivity index (χ3n) is 5.91. The van der Waals surface area contributed by atoms with Crippen LogP contribution in [0.2, 0.25) is 0 Å². The summed E-state index contributed by atoms with van der Waals surface area (Å²) in [5.74, 6) is 0.340. The van der Waals surface area contributed by atoms with Crippen molar-refractivity contribution < 1.29 is 19.8 Å². The molecule has 4 N–H and O–H groups in total. The highest BCUT2D eigenvalue weighted by atomic mass is 32.1. The Hall–Kier alpha value is -2.43. The summed E-state index contributed by atoms with van der Waals surface area (Å²) < 4.78 is 13.2. The molecule has 9 heteroatoms. The van der Waals surface area contributed by atoms with Crippen molar-refractivity contribution in [1.82, 2.24) is 15.0 Å². The molecule has 7 nitrogen and oxygen atoms in total. The van der Waals surface area contributed by atoms with Gasteiger partial charge in [-0.05, 0) is 67.5 Å². The van der Waals surface area contributed by atoms with Crippen LogP contribution in [0.25, 0.3) is 10.4 Å². The number of anilines is 2. The Balaban J connectivity index is 1.45. The topological polar surface area (TPSA) is 102 Å². The van der Waals surface area contributed by atoms with Gasteiger partial charge in [-0.3, -0.25) is 0 Å². The molecule has 170 valence electrons. The summed E-state index contributed by atoms with van der Waals surface area (Å²) in [5.41, 5.74) is 0.686. The first kappa shape index (κ1) is 22.8. The van der Waals surface area contributed by atoms with E-state index in [2.05, 4.69) is 15.3 Å². The summed E-state index contributed by atoms with van der Waals surface area (Å²) in [6.07, 6.45) is 3.93. The van der Waals surface area contributed by atoms with Gasteiger partial charge in [0.1, 0.15) is 11.6 Å². The fourth-order valence-corrected chi connectivity index (χ4v) is 4.92. The number of halogens is 1. The summed E-state index contributed by atoms with van der Waals surface area (Å²) in [6, 6.07) is 10.1. The van der Waals surface area contributed by atoms with Gasteiger partial charge < -0.3 is 20.7 Å². The second-order valence-corrected chi connectivity index (χ2v) is 9.46. The molecule has 0 bridgehead atoms. The average Bonchev–Trinajstić information content (AvgIpc) is 3.15. The van der Waals surface area contributed by atoms with Crippen molar-refractivity contribution in [2.24, 2.45) is 5.92 Å². The number of nitrogens with zero attached hydrogens (tertiary/aromatic N) is 3. The minimum atomic E-state index is -1.21. The molecular formula is C23H27FN4O3S. The van der Waals surface area contributed by atoms with Crippen molar-refractivity contribution >= 4 is 22.3 Å². The molecule has 32 heavy (non-hydrogen) atoms. The number of hydrogen-bond acceptors (Lipinski definition) is 8. The van der Waals surface area contributed by atoms with Crippen LogP contribution in [-0.2, 0) is 6.42 Å². The highest BCUT2D eigenvalue weighted by Crippen LogP contribution is 2.32. The van der Waals surface area contributed by atoms with E-state index in [4.69, 9.17) is 0 Å². The van der Waals surface area contributed by atoms with E-state index in [1.165, 1.54) is 28.5 Å². The summed E-state index contributed by atoms with van der Waals surface area (Å²) in [5, 5.41) is 36.1. The van der Waals surface area contributed by atoms with Crippen LogP contribution in [0.4, 0.5) is 15.3 Å². The van der Waals surface area contributed by atoms with E-state index in [1.54, 1.807) is 31.5 Å². The second-order valence-electron chi connectivity index (χ2n) is 8.43. The first-order valence-electron chi connectivity index (χ1n) is 10.6. The molecule has 3 heterocycles. The molecule has 1 aliphatic heterocycles. The fourth-order valence-electron chi connectivity index (χ4n) is 4.09. The molecule has 3 unspecified atom stereocenters. The maximum atomic E-state index is 13.2. The Labute approximate surface area is 190 Å². The van der Waals surface area contributed by atoms with Crippen molar-refractivity contribution in [2.75, 3.05) is 18.4 Å². The van der Waals surface area contributed by atoms with Gasteiger partial charge in [0.05, 0.1) is 16.6 Å². The predicted octanol–water partition coefficient (Wildman–Crippen LogP) is 3.84. The van der Waals surface area contributed by atoms with Crippen LogP contribution < -0.4 is 5.32 Å². The Morgan fingerprint density at radius 2 is 2.06 bits per heavy atom. The van der Waals surface area contributed by atoms with Crippen LogP contribution >= 0.6 is 11.3 Å². The number of aliphatic hydroxyl groups excluding tert-OH is 1. The maximum Gasteiger partial charge on any atom is 0.188 e. The van der Waals surface area contributed by atoms with Gasteiger partial charge in [0.2, 0.25) is 0 Å². The quantitative estimate of drug-likeness (QED) is 0.445. The van der Waals surface area contributed by atoms with E-state index in [9.17, 15) is 19.8 Å². The zero-order valence-corrected chi connectivity index (χ0v) is 18.6. The molecule has 2 aromatic heterocycles. The van der Waals surface area contributed by atoms with Gasteiger partial charge in [-0.25, -0.2) is 14.4 Å². The average molecular weight is 459 g/mol. The van der Waals surface area contributed by atoms with Crippen molar-refractivity contribution in [3.63, 3.8) is 0 Å². The number of pyridine rings is 1. The predicted molar refractivity (Wildman–Crippen MR) is 121 cm³/mol. The highest BCUT2D eigenvalue weighted by molar-refractivity contribution is 7.18. The number of hydroxylamine groups is 2. The van der Waals surface area contributed by atoms with Crippen LogP contribution in [-0.4, -0.2) is 55.2 Å². The van der Waals surface area contributed by atoms with E-state index < -0.39 is 11.7 Å². The Bertz CT molecular complexity index is 1050. The first-order valence-corrected chi connectivity index (χ1v) is 11.4. The molecule has 1 aromatic carbocycles. The van der Waals surface area contributed by atoms with Gasteiger partial charge >= 0.3 is 0 Å². The van der Waals surface area contributed by atoms with Crippen molar-refractivity contribution in [3.8, 4) is 10.4 Å². The lowest BCUT2D eigenvalue weighted by Gasteiger charge is -2.32. The summed E-state index contributed by atoms with van der Waals surface area (Å²) in [6.45, 7) is 2.34.